The van der Waals surface area contributed by atoms with E-state index in [0.717, 1.165) is 0 Å². The lowest BCUT2D eigenvalue weighted by atomic mass is 10.2. The number of likely N-dealkylation sites (tertiary alicyclic amines) is 1. The predicted octanol–water partition coefficient (Wildman–Crippen LogP) is 3.08. The molecule has 0 unspecified atom stereocenters. The molecule has 0 aliphatic carbocycles. The summed E-state index contributed by atoms with van der Waals surface area (Å²) >= 11 is 0. The van der Waals surface area contributed by atoms with E-state index in [-0.39, 0.29) is 36.0 Å². The van der Waals surface area contributed by atoms with E-state index in [9.17, 15) is 19.7 Å². The second-order valence-electron chi connectivity index (χ2n) is 7.22. The van der Waals surface area contributed by atoms with Gasteiger partial charge in [-0.25, -0.2) is 9.59 Å². The second-order valence-corrected chi connectivity index (χ2v) is 7.22. The molecule has 1 saturated heterocycles. The number of rotatable bonds is 8. The Bertz CT molecular complexity index is 928. The molecule has 1 aliphatic heterocycles. The van der Waals surface area contributed by atoms with Crippen LogP contribution in [0.5, 0.6) is 5.75 Å². The first-order valence-electron chi connectivity index (χ1n) is 9.93. The van der Waals surface area contributed by atoms with Crippen LogP contribution in [0, 0.1) is 10.1 Å². The van der Waals surface area contributed by atoms with Crippen LogP contribution in [0.4, 0.5) is 5.69 Å². The van der Waals surface area contributed by atoms with Crippen LogP contribution in [0.15, 0.2) is 48.5 Å². The average Bonchev–Trinajstić information content (AvgIpc) is 3.11. The number of hydrogen-bond donors (Lipinski definition) is 0. The molecule has 164 valence electrons. The number of carbonyl (C=O) groups excluding carboxylic acids is 2. The van der Waals surface area contributed by atoms with Crippen LogP contribution in [0.2, 0.25) is 0 Å². The highest BCUT2D eigenvalue weighted by atomic mass is 16.6. The highest BCUT2D eigenvalue weighted by Crippen LogP contribution is 2.23. The highest BCUT2D eigenvalue weighted by Gasteiger charge is 2.32. The Labute approximate surface area is 179 Å². The van der Waals surface area contributed by atoms with Crippen LogP contribution in [0.3, 0.4) is 0 Å². The van der Waals surface area contributed by atoms with Gasteiger partial charge in [-0.3, -0.25) is 15.0 Å². The summed E-state index contributed by atoms with van der Waals surface area (Å²) in [6.07, 6.45) is 0.588. The van der Waals surface area contributed by atoms with Crippen LogP contribution in [0.1, 0.15) is 34.1 Å². The van der Waals surface area contributed by atoms with Crippen molar-refractivity contribution in [3.8, 4) is 5.75 Å². The van der Waals surface area contributed by atoms with Gasteiger partial charge < -0.3 is 14.2 Å². The molecule has 31 heavy (non-hydrogen) atoms. The van der Waals surface area contributed by atoms with Gasteiger partial charge in [0.2, 0.25) is 0 Å². The van der Waals surface area contributed by atoms with E-state index in [1.165, 1.54) is 24.3 Å². The smallest absolute Gasteiger partial charge is 0.338 e. The molecule has 0 amide bonds. The minimum atomic E-state index is -0.526. The first kappa shape index (κ1) is 22.2. The van der Waals surface area contributed by atoms with Crippen LogP contribution in [-0.2, 0) is 9.47 Å². The Hall–Kier alpha value is -3.46. The van der Waals surface area contributed by atoms with Crippen molar-refractivity contribution in [2.45, 2.75) is 25.5 Å². The summed E-state index contributed by atoms with van der Waals surface area (Å²) in [5, 5.41) is 10.7. The molecule has 9 nitrogen and oxygen atoms in total. The molecular weight excluding hydrogens is 404 g/mol. The van der Waals surface area contributed by atoms with Gasteiger partial charge in [-0.05, 0) is 50.4 Å². The van der Waals surface area contributed by atoms with E-state index in [2.05, 4.69) is 4.90 Å². The maximum Gasteiger partial charge on any atom is 0.338 e. The van der Waals surface area contributed by atoms with Crippen molar-refractivity contribution in [2.75, 3.05) is 26.8 Å². The molecular formula is C22H24N2O7. The predicted molar refractivity (Wildman–Crippen MR) is 111 cm³/mol. The van der Waals surface area contributed by atoms with Crippen molar-refractivity contribution in [1.82, 2.24) is 4.90 Å². The monoisotopic (exact) mass is 428 g/mol. The topological polar surface area (TPSA) is 108 Å². The lowest BCUT2D eigenvalue weighted by Gasteiger charge is -2.18. The number of nitrogens with zero attached hydrogens (tertiary/aromatic N) is 2. The van der Waals surface area contributed by atoms with Gasteiger partial charge in [0.1, 0.15) is 18.5 Å². The molecule has 0 radical (unpaired) electrons. The van der Waals surface area contributed by atoms with Crippen molar-refractivity contribution in [2.24, 2.45) is 0 Å². The quantitative estimate of drug-likeness (QED) is 0.359. The van der Waals surface area contributed by atoms with Gasteiger partial charge in [0.25, 0.3) is 5.69 Å². The van der Waals surface area contributed by atoms with Crippen LogP contribution in [-0.4, -0.2) is 60.7 Å². The molecule has 0 N–H and O–H groups in total. The molecule has 2 aromatic carbocycles. The van der Waals surface area contributed by atoms with Crippen LogP contribution < -0.4 is 4.74 Å². The van der Waals surface area contributed by atoms with E-state index >= 15 is 0 Å². The summed E-state index contributed by atoms with van der Waals surface area (Å²) in [4.78, 5) is 36.2. The fourth-order valence-electron chi connectivity index (χ4n) is 3.36. The Morgan fingerprint density at radius 1 is 1.03 bits per heavy atom. The van der Waals surface area contributed by atoms with Gasteiger partial charge in [0, 0.05) is 31.1 Å². The van der Waals surface area contributed by atoms with Crippen LogP contribution >= 0.6 is 0 Å². The van der Waals surface area contributed by atoms with Gasteiger partial charge in [-0.2, -0.15) is 0 Å². The van der Waals surface area contributed by atoms with Gasteiger partial charge in [-0.15, -0.1) is 0 Å². The van der Waals surface area contributed by atoms with Crippen molar-refractivity contribution in [1.29, 1.82) is 0 Å². The molecule has 0 bridgehead atoms. The first-order valence-corrected chi connectivity index (χ1v) is 9.93. The molecule has 0 aromatic heterocycles. The number of nitro benzene ring substituents is 1. The van der Waals surface area contributed by atoms with Gasteiger partial charge in [0.15, 0.2) is 0 Å². The molecule has 0 spiro atoms. The third-order valence-corrected chi connectivity index (χ3v) is 5.04. The SMILES string of the molecule is CCOC(=O)c1ccc(O[C@@H]2C[C@@H](COC(=O)c3ccc([N+](=O)[O-])cc3)N(C)C2)cc1. The van der Waals surface area contributed by atoms with Crippen molar-refractivity contribution in [3.63, 3.8) is 0 Å². The molecule has 2 aromatic rings. The Morgan fingerprint density at radius 3 is 2.19 bits per heavy atom. The fraction of sp³-hybridized carbons (Fsp3) is 0.364. The molecule has 1 fully saturated rings. The number of nitro groups is 1. The number of benzene rings is 2. The minimum absolute atomic E-state index is 0.00852. The summed E-state index contributed by atoms with van der Waals surface area (Å²) in [7, 11) is 1.93. The molecule has 9 heteroatoms. The first-order chi connectivity index (χ1) is 14.9. The second kappa shape index (κ2) is 10.0. The number of esters is 2. The zero-order valence-corrected chi connectivity index (χ0v) is 17.4. The highest BCUT2D eigenvalue weighted by molar-refractivity contribution is 5.90. The molecule has 3 rings (SSSR count). The molecule has 1 aliphatic rings. The number of non-ortho nitro benzene ring substituents is 1. The normalized spacial score (nSPS) is 18.4. The fourth-order valence-corrected chi connectivity index (χ4v) is 3.36. The van der Waals surface area contributed by atoms with E-state index in [0.29, 0.717) is 30.9 Å². The Morgan fingerprint density at radius 2 is 1.61 bits per heavy atom. The lowest BCUT2D eigenvalue weighted by Crippen LogP contribution is -2.30. The van der Waals surface area contributed by atoms with Crippen molar-refractivity contribution in [3.05, 3.63) is 69.8 Å². The molecule has 2 atom stereocenters. The largest absolute Gasteiger partial charge is 0.489 e. The van der Waals surface area contributed by atoms with Crippen LogP contribution in [0.25, 0.3) is 0 Å². The third kappa shape index (κ3) is 5.79. The van der Waals surface area contributed by atoms with E-state index in [4.69, 9.17) is 14.2 Å². The summed E-state index contributed by atoms with van der Waals surface area (Å²) in [5.74, 6) is -0.248. The van der Waals surface area contributed by atoms with Crippen molar-refractivity contribution >= 4 is 17.6 Å². The van der Waals surface area contributed by atoms with Gasteiger partial charge >= 0.3 is 11.9 Å². The number of carbonyl (C=O) groups is 2. The van der Waals surface area contributed by atoms with Gasteiger partial charge in [0.05, 0.1) is 22.7 Å². The lowest BCUT2D eigenvalue weighted by molar-refractivity contribution is -0.384. The average molecular weight is 428 g/mol. The number of ether oxygens (including phenoxy) is 3. The third-order valence-electron chi connectivity index (χ3n) is 5.04. The summed E-state index contributed by atoms with van der Waals surface area (Å²) in [6.45, 7) is 2.93. The Balaban J connectivity index is 1.49. The summed E-state index contributed by atoms with van der Waals surface area (Å²) < 4.78 is 16.4. The standard InChI is InChI=1S/C22H24N2O7/c1-3-29-21(25)16-6-10-19(11-7-16)31-20-12-18(23(2)13-20)14-30-22(26)15-4-8-17(9-5-15)24(27)28/h4-11,18,20H,3,12-14H2,1-2H3/t18-,20+/m0/s1. The molecule has 1 heterocycles. The Kier molecular flexibility index (Phi) is 7.19. The van der Waals surface area contributed by atoms with E-state index in [1.54, 1.807) is 31.2 Å². The van der Waals surface area contributed by atoms with E-state index in [1.807, 2.05) is 7.05 Å². The number of hydrogen-bond acceptors (Lipinski definition) is 8. The zero-order chi connectivity index (χ0) is 22.4. The zero-order valence-electron chi connectivity index (χ0n) is 17.4. The summed E-state index contributed by atoms with van der Waals surface area (Å²) in [5.41, 5.74) is 0.650. The minimum Gasteiger partial charge on any atom is -0.489 e. The van der Waals surface area contributed by atoms with E-state index < -0.39 is 10.9 Å². The maximum absolute atomic E-state index is 12.2. The maximum atomic E-state index is 12.2. The molecule has 0 saturated carbocycles. The van der Waals surface area contributed by atoms with Gasteiger partial charge in [-0.1, -0.05) is 0 Å². The van der Waals surface area contributed by atoms with Crippen molar-refractivity contribution < 1.29 is 28.7 Å². The number of likely N-dealkylation sites (N-methyl/N-ethyl adjacent to an activating group) is 1. The summed E-state index contributed by atoms with van der Waals surface area (Å²) in [6, 6.07) is 12.1.